The highest BCUT2D eigenvalue weighted by molar-refractivity contribution is 5.87. The second-order valence-corrected chi connectivity index (χ2v) is 5.34. The van der Waals surface area contributed by atoms with Crippen molar-refractivity contribution in [1.29, 1.82) is 0 Å². The molecule has 3 N–H and O–H groups in total. The number of fused-ring (bicyclic) bond motifs is 1. The number of aromatic nitrogens is 2. The van der Waals surface area contributed by atoms with Gasteiger partial charge in [-0.1, -0.05) is 18.2 Å². The highest BCUT2D eigenvalue weighted by atomic mass is 16.1. The summed E-state index contributed by atoms with van der Waals surface area (Å²) in [5.74, 6) is 0.0412. The molecule has 0 spiro atoms. The van der Waals surface area contributed by atoms with Gasteiger partial charge in [0.25, 0.3) is 0 Å². The Morgan fingerprint density at radius 3 is 2.95 bits per heavy atom. The highest BCUT2D eigenvalue weighted by Gasteiger charge is 2.11. The van der Waals surface area contributed by atoms with Crippen LogP contribution in [0.15, 0.2) is 24.3 Å². The smallest absolute Gasteiger partial charge is 0.226 e. The highest BCUT2D eigenvalue weighted by Crippen LogP contribution is 2.15. The number of piperazine rings is 1. The van der Waals surface area contributed by atoms with Crippen LogP contribution in [0.5, 0.6) is 0 Å². The Morgan fingerprint density at radius 1 is 1.29 bits per heavy atom. The summed E-state index contributed by atoms with van der Waals surface area (Å²) in [5.41, 5.74) is 1.78. The van der Waals surface area contributed by atoms with E-state index in [0.717, 1.165) is 49.3 Å². The lowest BCUT2D eigenvalue weighted by atomic mass is 10.1. The maximum absolute atomic E-state index is 12.0. The fourth-order valence-electron chi connectivity index (χ4n) is 2.66. The zero-order chi connectivity index (χ0) is 14.5. The third-order valence-electron chi connectivity index (χ3n) is 3.84. The Hall–Kier alpha value is -1.92. The Bertz CT molecular complexity index is 603. The van der Waals surface area contributed by atoms with Gasteiger partial charge in [0.2, 0.25) is 5.91 Å². The minimum atomic E-state index is 0.0412. The first-order valence-electron chi connectivity index (χ1n) is 7.45. The molecule has 21 heavy (non-hydrogen) atoms. The summed E-state index contributed by atoms with van der Waals surface area (Å²) >= 11 is 0. The molecule has 3 rings (SSSR count). The number of carbonyl (C=O) groups excluding carboxylic acids is 1. The zero-order valence-electron chi connectivity index (χ0n) is 12.1. The standard InChI is InChI=1S/C15H21N5O/c21-15(17-7-10-20-8-5-16-6-9-20)11-14-12-3-1-2-4-13(12)18-19-14/h1-4,16H,5-11H2,(H,17,21)(H,18,19). The SMILES string of the molecule is O=C(Cc1[nH]nc2ccccc12)NCCN1CCNCC1. The van der Waals surface area contributed by atoms with E-state index in [1.807, 2.05) is 24.3 Å². The number of nitrogens with one attached hydrogen (secondary N) is 3. The minimum absolute atomic E-state index is 0.0412. The van der Waals surface area contributed by atoms with Crippen molar-refractivity contribution in [3.63, 3.8) is 0 Å². The van der Waals surface area contributed by atoms with Gasteiger partial charge >= 0.3 is 0 Å². The number of benzene rings is 1. The monoisotopic (exact) mass is 287 g/mol. The molecule has 1 aliphatic rings. The van der Waals surface area contributed by atoms with Crippen LogP contribution in [0.3, 0.4) is 0 Å². The van der Waals surface area contributed by atoms with E-state index < -0.39 is 0 Å². The summed E-state index contributed by atoms with van der Waals surface area (Å²) in [4.78, 5) is 14.4. The number of nitrogens with zero attached hydrogens (tertiary/aromatic N) is 2. The van der Waals surface area contributed by atoms with Crippen LogP contribution in [-0.4, -0.2) is 60.3 Å². The van der Waals surface area contributed by atoms with E-state index in [-0.39, 0.29) is 5.91 Å². The Morgan fingerprint density at radius 2 is 2.10 bits per heavy atom. The summed E-state index contributed by atoms with van der Waals surface area (Å²) in [5, 5.41) is 14.5. The first kappa shape index (κ1) is 14.0. The van der Waals surface area contributed by atoms with Crippen LogP contribution >= 0.6 is 0 Å². The molecular formula is C15H21N5O. The number of rotatable bonds is 5. The predicted molar refractivity (Wildman–Crippen MR) is 82.1 cm³/mol. The van der Waals surface area contributed by atoms with E-state index in [1.165, 1.54) is 0 Å². The maximum Gasteiger partial charge on any atom is 0.226 e. The molecule has 6 nitrogen and oxygen atoms in total. The lowest BCUT2D eigenvalue weighted by molar-refractivity contribution is -0.120. The molecule has 1 aromatic heterocycles. The number of hydrogen-bond donors (Lipinski definition) is 3. The average molecular weight is 287 g/mol. The lowest BCUT2D eigenvalue weighted by Gasteiger charge is -2.27. The summed E-state index contributed by atoms with van der Waals surface area (Å²) in [6.07, 6.45) is 0.349. The lowest BCUT2D eigenvalue weighted by Crippen LogP contribution is -2.46. The zero-order valence-corrected chi connectivity index (χ0v) is 12.1. The van der Waals surface area contributed by atoms with Crippen LogP contribution in [0, 0.1) is 0 Å². The van der Waals surface area contributed by atoms with Crippen molar-refractivity contribution in [2.24, 2.45) is 0 Å². The van der Waals surface area contributed by atoms with Crippen LogP contribution in [0.25, 0.3) is 10.9 Å². The topological polar surface area (TPSA) is 73.0 Å². The van der Waals surface area contributed by atoms with E-state index in [0.29, 0.717) is 13.0 Å². The number of aromatic amines is 1. The Kier molecular flexibility index (Phi) is 4.47. The average Bonchev–Trinajstić information content (AvgIpc) is 2.92. The molecule has 1 amide bonds. The van der Waals surface area contributed by atoms with Crippen molar-refractivity contribution in [3.8, 4) is 0 Å². The van der Waals surface area contributed by atoms with Gasteiger partial charge in [0.05, 0.1) is 17.6 Å². The second-order valence-electron chi connectivity index (χ2n) is 5.34. The van der Waals surface area contributed by atoms with E-state index in [1.54, 1.807) is 0 Å². The third-order valence-corrected chi connectivity index (χ3v) is 3.84. The number of H-pyrrole nitrogens is 1. The van der Waals surface area contributed by atoms with Crippen molar-refractivity contribution < 1.29 is 4.79 Å². The summed E-state index contributed by atoms with van der Waals surface area (Å²) in [6, 6.07) is 7.84. The molecule has 2 heterocycles. The van der Waals surface area contributed by atoms with E-state index >= 15 is 0 Å². The van der Waals surface area contributed by atoms with Crippen molar-refractivity contribution in [2.45, 2.75) is 6.42 Å². The summed E-state index contributed by atoms with van der Waals surface area (Å²) in [6.45, 7) is 5.80. The molecule has 112 valence electrons. The van der Waals surface area contributed by atoms with E-state index in [4.69, 9.17) is 0 Å². The quantitative estimate of drug-likeness (QED) is 0.731. The molecule has 1 fully saturated rings. The first-order valence-corrected chi connectivity index (χ1v) is 7.45. The fraction of sp³-hybridized carbons (Fsp3) is 0.467. The van der Waals surface area contributed by atoms with E-state index in [9.17, 15) is 4.79 Å². The normalized spacial score (nSPS) is 16.2. The molecule has 2 aromatic rings. The van der Waals surface area contributed by atoms with Crippen molar-refractivity contribution in [3.05, 3.63) is 30.0 Å². The van der Waals surface area contributed by atoms with Gasteiger partial charge in [-0.15, -0.1) is 0 Å². The van der Waals surface area contributed by atoms with Gasteiger partial charge in [0.15, 0.2) is 0 Å². The van der Waals surface area contributed by atoms with Gasteiger partial charge < -0.3 is 10.6 Å². The van der Waals surface area contributed by atoms with Crippen LogP contribution < -0.4 is 10.6 Å². The molecule has 0 saturated carbocycles. The largest absolute Gasteiger partial charge is 0.354 e. The van der Waals surface area contributed by atoms with Crippen LogP contribution in [0.4, 0.5) is 0 Å². The van der Waals surface area contributed by atoms with Gasteiger partial charge in [-0.05, 0) is 6.07 Å². The number of para-hydroxylation sites is 1. The van der Waals surface area contributed by atoms with Crippen molar-refractivity contribution in [1.82, 2.24) is 25.7 Å². The summed E-state index contributed by atoms with van der Waals surface area (Å²) in [7, 11) is 0. The Balaban J connectivity index is 1.47. The molecule has 1 saturated heterocycles. The molecule has 1 aliphatic heterocycles. The summed E-state index contributed by atoms with van der Waals surface area (Å²) < 4.78 is 0. The number of amides is 1. The number of hydrogen-bond acceptors (Lipinski definition) is 4. The molecule has 6 heteroatoms. The predicted octanol–water partition coefficient (Wildman–Crippen LogP) is 0.127. The first-order chi connectivity index (χ1) is 10.3. The van der Waals surface area contributed by atoms with Crippen LogP contribution in [-0.2, 0) is 11.2 Å². The van der Waals surface area contributed by atoms with Gasteiger partial charge in [-0.25, -0.2) is 0 Å². The van der Waals surface area contributed by atoms with Crippen molar-refractivity contribution >= 4 is 16.8 Å². The van der Waals surface area contributed by atoms with Gasteiger partial charge in [-0.2, -0.15) is 5.10 Å². The van der Waals surface area contributed by atoms with Gasteiger partial charge in [0, 0.05) is 44.7 Å². The maximum atomic E-state index is 12.0. The molecule has 1 aromatic carbocycles. The molecule has 0 radical (unpaired) electrons. The van der Waals surface area contributed by atoms with Crippen LogP contribution in [0.1, 0.15) is 5.69 Å². The van der Waals surface area contributed by atoms with Crippen molar-refractivity contribution in [2.75, 3.05) is 39.3 Å². The van der Waals surface area contributed by atoms with Crippen LogP contribution in [0.2, 0.25) is 0 Å². The third kappa shape index (κ3) is 3.59. The number of carbonyl (C=O) groups is 1. The Labute approximate surface area is 123 Å². The molecule has 0 unspecified atom stereocenters. The van der Waals surface area contributed by atoms with Gasteiger partial charge in [-0.3, -0.25) is 14.8 Å². The second kappa shape index (κ2) is 6.69. The minimum Gasteiger partial charge on any atom is -0.354 e. The molecular weight excluding hydrogens is 266 g/mol. The fourth-order valence-corrected chi connectivity index (χ4v) is 2.66. The van der Waals surface area contributed by atoms with Gasteiger partial charge in [0.1, 0.15) is 0 Å². The molecule has 0 atom stereocenters. The molecule has 0 bridgehead atoms. The van der Waals surface area contributed by atoms with E-state index in [2.05, 4.69) is 25.7 Å². The molecule has 0 aliphatic carbocycles.